The molecule has 0 spiro atoms. The highest BCUT2D eigenvalue weighted by atomic mass is 16.5. The Morgan fingerprint density at radius 3 is 2.61 bits per heavy atom. The monoisotopic (exact) mass is 248 g/mol. The van der Waals surface area contributed by atoms with Gasteiger partial charge in [0.1, 0.15) is 5.75 Å². The molecular formula is C15H24N2O. The molecule has 1 heterocycles. The molecule has 0 radical (unpaired) electrons. The van der Waals surface area contributed by atoms with Crippen LogP contribution in [0.1, 0.15) is 30.9 Å². The molecule has 1 aliphatic rings. The molecule has 18 heavy (non-hydrogen) atoms. The minimum atomic E-state index is 0.154. The van der Waals surface area contributed by atoms with Crippen molar-refractivity contribution in [2.45, 2.75) is 31.6 Å². The fraction of sp³-hybridized carbons (Fsp3) is 0.600. The number of rotatable bonds is 4. The number of ether oxygens (including phenoxy) is 1. The molecule has 0 saturated carbocycles. The second kappa shape index (κ2) is 5.72. The summed E-state index contributed by atoms with van der Waals surface area (Å²) in [5.41, 5.74) is 8.89. The van der Waals surface area contributed by atoms with Gasteiger partial charge in [0.25, 0.3) is 0 Å². The quantitative estimate of drug-likeness (QED) is 0.854. The number of methoxy groups -OCH3 is 1. The van der Waals surface area contributed by atoms with Crippen LogP contribution in [-0.2, 0) is 11.8 Å². The summed E-state index contributed by atoms with van der Waals surface area (Å²) in [6.45, 7) is 5.01. The average Bonchev–Trinajstić information content (AvgIpc) is 2.47. The second-order valence-corrected chi connectivity index (χ2v) is 5.11. The van der Waals surface area contributed by atoms with Crippen molar-refractivity contribution >= 4 is 0 Å². The smallest absolute Gasteiger partial charge is 0.122 e. The third kappa shape index (κ3) is 2.38. The molecule has 0 aromatic heterocycles. The summed E-state index contributed by atoms with van der Waals surface area (Å²) in [6.07, 6.45) is 3.24. The van der Waals surface area contributed by atoms with Gasteiger partial charge < -0.3 is 15.8 Å². The van der Waals surface area contributed by atoms with E-state index in [2.05, 4.69) is 30.4 Å². The van der Waals surface area contributed by atoms with Crippen molar-refractivity contribution in [1.29, 1.82) is 0 Å². The lowest BCUT2D eigenvalue weighted by Crippen LogP contribution is -2.44. The Morgan fingerprint density at radius 2 is 2.06 bits per heavy atom. The highest BCUT2D eigenvalue weighted by Gasteiger charge is 2.32. The van der Waals surface area contributed by atoms with E-state index in [4.69, 9.17) is 10.5 Å². The molecule has 1 aliphatic heterocycles. The van der Waals surface area contributed by atoms with Gasteiger partial charge in [-0.25, -0.2) is 0 Å². The van der Waals surface area contributed by atoms with Gasteiger partial charge >= 0.3 is 0 Å². The molecule has 0 atom stereocenters. The maximum Gasteiger partial charge on any atom is 0.122 e. The zero-order valence-corrected chi connectivity index (χ0v) is 11.5. The summed E-state index contributed by atoms with van der Waals surface area (Å²) in [5, 5.41) is 3.41. The number of hydrogen-bond donors (Lipinski definition) is 2. The van der Waals surface area contributed by atoms with Gasteiger partial charge in [0.2, 0.25) is 0 Å². The van der Waals surface area contributed by atoms with Crippen molar-refractivity contribution in [3.8, 4) is 5.75 Å². The van der Waals surface area contributed by atoms with Crippen LogP contribution in [0.3, 0.4) is 0 Å². The first kappa shape index (κ1) is 13.4. The molecule has 0 aliphatic carbocycles. The molecule has 3 heteroatoms. The second-order valence-electron chi connectivity index (χ2n) is 5.11. The molecular weight excluding hydrogens is 224 g/mol. The molecule has 0 bridgehead atoms. The lowest BCUT2D eigenvalue weighted by atomic mass is 9.73. The SMILES string of the molecule is CCc1cc(C2(CN)CCNCC2)ccc1OC. The Balaban J connectivity index is 2.36. The van der Waals surface area contributed by atoms with Crippen LogP contribution in [0.2, 0.25) is 0 Å². The molecule has 3 nitrogen and oxygen atoms in total. The summed E-state index contributed by atoms with van der Waals surface area (Å²) in [4.78, 5) is 0. The van der Waals surface area contributed by atoms with Crippen LogP contribution in [-0.4, -0.2) is 26.7 Å². The van der Waals surface area contributed by atoms with Crippen molar-refractivity contribution in [2.24, 2.45) is 5.73 Å². The fourth-order valence-corrected chi connectivity index (χ4v) is 2.90. The average molecular weight is 248 g/mol. The van der Waals surface area contributed by atoms with E-state index in [1.54, 1.807) is 7.11 Å². The number of piperidine rings is 1. The van der Waals surface area contributed by atoms with Crippen molar-refractivity contribution in [1.82, 2.24) is 5.32 Å². The van der Waals surface area contributed by atoms with Gasteiger partial charge in [-0.2, -0.15) is 0 Å². The van der Waals surface area contributed by atoms with E-state index in [1.165, 1.54) is 11.1 Å². The van der Waals surface area contributed by atoms with Crippen LogP contribution in [0.25, 0.3) is 0 Å². The third-order valence-corrected chi connectivity index (χ3v) is 4.23. The highest BCUT2D eigenvalue weighted by Crippen LogP contribution is 2.35. The number of nitrogens with two attached hydrogens (primary N) is 1. The Hall–Kier alpha value is -1.06. The Kier molecular flexibility index (Phi) is 4.25. The minimum Gasteiger partial charge on any atom is -0.496 e. The summed E-state index contributed by atoms with van der Waals surface area (Å²) in [6, 6.07) is 6.57. The van der Waals surface area contributed by atoms with E-state index in [0.29, 0.717) is 0 Å². The van der Waals surface area contributed by atoms with Gasteiger partial charge in [0, 0.05) is 12.0 Å². The van der Waals surface area contributed by atoms with Crippen LogP contribution in [0, 0.1) is 0 Å². The van der Waals surface area contributed by atoms with Crippen LogP contribution in [0.4, 0.5) is 0 Å². The first-order valence-electron chi connectivity index (χ1n) is 6.84. The van der Waals surface area contributed by atoms with E-state index in [0.717, 1.165) is 44.6 Å². The summed E-state index contributed by atoms with van der Waals surface area (Å²) in [7, 11) is 1.73. The third-order valence-electron chi connectivity index (χ3n) is 4.23. The van der Waals surface area contributed by atoms with Crippen molar-refractivity contribution in [3.63, 3.8) is 0 Å². The number of nitrogens with one attached hydrogen (secondary N) is 1. The lowest BCUT2D eigenvalue weighted by Gasteiger charge is -2.37. The minimum absolute atomic E-state index is 0.154. The summed E-state index contributed by atoms with van der Waals surface area (Å²) < 4.78 is 5.40. The summed E-state index contributed by atoms with van der Waals surface area (Å²) >= 11 is 0. The van der Waals surface area contributed by atoms with Crippen molar-refractivity contribution < 1.29 is 4.74 Å². The van der Waals surface area contributed by atoms with E-state index < -0.39 is 0 Å². The van der Waals surface area contributed by atoms with Crippen LogP contribution in [0.5, 0.6) is 5.75 Å². The standard InChI is InChI=1S/C15H24N2O/c1-3-12-10-13(4-5-14(12)18-2)15(11-16)6-8-17-9-7-15/h4-5,10,17H,3,6-9,11,16H2,1-2H3. The Bertz CT molecular complexity index is 397. The topological polar surface area (TPSA) is 47.3 Å². The first-order valence-corrected chi connectivity index (χ1v) is 6.84. The largest absolute Gasteiger partial charge is 0.496 e. The Labute approximate surface area is 110 Å². The van der Waals surface area contributed by atoms with E-state index in [-0.39, 0.29) is 5.41 Å². The zero-order chi connectivity index (χ0) is 13.0. The molecule has 3 N–H and O–H groups in total. The number of hydrogen-bond acceptors (Lipinski definition) is 3. The first-order chi connectivity index (χ1) is 8.75. The molecule has 1 aromatic carbocycles. The van der Waals surface area contributed by atoms with Gasteiger partial charge in [-0.3, -0.25) is 0 Å². The molecule has 2 rings (SSSR count). The van der Waals surface area contributed by atoms with E-state index >= 15 is 0 Å². The van der Waals surface area contributed by atoms with Gasteiger partial charge in [0.15, 0.2) is 0 Å². The maximum atomic E-state index is 6.07. The molecule has 1 saturated heterocycles. The van der Waals surface area contributed by atoms with Gasteiger partial charge in [-0.05, 0) is 49.5 Å². The van der Waals surface area contributed by atoms with Crippen molar-refractivity contribution in [3.05, 3.63) is 29.3 Å². The molecule has 100 valence electrons. The normalized spacial score (nSPS) is 18.6. The molecule has 1 fully saturated rings. The van der Waals surface area contributed by atoms with Gasteiger partial charge in [-0.15, -0.1) is 0 Å². The fourth-order valence-electron chi connectivity index (χ4n) is 2.90. The van der Waals surface area contributed by atoms with Gasteiger partial charge in [0.05, 0.1) is 7.11 Å². The molecule has 0 unspecified atom stereocenters. The lowest BCUT2D eigenvalue weighted by molar-refractivity contribution is 0.315. The highest BCUT2D eigenvalue weighted by molar-refractivity contribution is 5.41. The maximum absolute atomic E-state index is 6.07. The number of benzene rings is 1. The van der Waals surface area contributed by atoms with Crippen LogP contribution >= 0.6 is 0 Å². The van der Waals surface area contributed by atoms with Crippen LogP contribution < -0.4 is 15.8 Å². The van der Waals surface area contributed by atoms with E-state index in [1.807, 2.05) is 0 Å². The zero-order valence-electron chi connectivity index (χ0n) is 11.5. The predicted molar refractivity (Wildman–Crippen MR) is 75.2 cm³/mol. The predicted octanol–water partition coefficient (Wildman–Crippen LogP) is 1.84. The summed E-state index contributed by atoms with van der Waals surface area (Å²) in [5.74, 6) is 0.988. The molecule has 0 amide bonds. The number of aryl methyl sites for hydroxylation is 1. The van der Waals surface area contributed by atoms with Gasteiger partial charge in [-0.1, -0.05) is 19.1 Å². The van der Waals surface area contributed by atoms with Crippen LogP contribution in [0.15, 0.2) is 18.2 Å². The Morgan fingerprint density at radius 1 is 1.33 bits per heavy atom. The van der Waals surface area contributed by atoms with Crippen molar-refractivity contribution in [2.75, 3.05) is 26.7 Å². The molecule has 1 aromatic rings. The van der Waals surface area contributed by atoms with E-state index in [9.17, 15) is 0 Å².